The van der Waals surface area contributed by atoms with Crippen LogP contribution in [-0.2, 0) is 9.59 Å². The van der Waals surface area contributed by atoms with Gasteiger partial charge < -0.3 is 5.11 Å². The van der Waals surface area contributed by atoms with Crippen molar-refractivity contribution in [3.63, 3.8) is 0 Å². The van der Waals surface area contributed by atoms with Crippen LogP contribution >= 0.6 is 0 Å². The van der Waals surface area contributed by atoms with Crippen LogP contribution in [0.2, 0.25) is 0 Å². The minimum absolute atomic E-state index is 0.0473. The maximum atomic E-state index is 12.4. The highest BCUT2D eigenvalue weighted by Crippen LogP contribution is 2.64. The summed E-state index contributed by atoms with van der Waals surface area (Å²) in [7, 11) is 0. The number of hydrogen-bond acceptors (Lipinski definition) is 3. The molecule has 3 saturated carbocycles. The summed E-state index contributed by atoms with van der Waals surface area (Å²) in [4.78, 5) is 24.3. The van der Waals surface area contributed by atoms with Crippen LogP contribution in [0, 0.1) is 34.5 Å². The summed E-state index contributed by atoms with van der Waals surface area (Å²) in [6, 6.07) is 0. The van der Waals surface area contributed by atoms with E-state index in [4.69, 9.17) is 0 Å². The molecule has 1 N–H and O–H groups in total. The van der Waals surface area contributed by atoms with Crippen molar-refractivity contribution >= 4 is 11.6 Å². The summed E-state index contributed by atoms with van der Waals surface area (Å²) in [6.07, 6.45) is 10.2. The maximum absolute atomic E-state index is 12.4. The van der Waals surface area contributed by atoms with E-state index >= 15 is 0 Å². The Labute approximate surface area is 137 Å². The van der Waals surface area contributed by atoms with Gasteiger partial charge in [0.15, 0.2) is 5.78 Å². The molecule has 0 spiro atoms. The Morgan fingerprint density at radius 3 is 2.74 bits per heavy atom. The molecule has 0 aliphatic heterocycles. The van der Waals surface area contributed by atoms with Crippen molar-refractivity contribution in [2.75, 3.05) is 6.61 Å². The fraction of sp³-hybridized carbons (Fsp3) is 0.700. The molecule has 0 bridgehead atoms. The number of allylic oxidation sites excluding steroid dienone is 3. The third kappa shape index (κ3) is 1.92. The molecule has 4 rings (SSSR count). The van der Waals surface area contributed by atoms with E-state index in [1.165, 1.54) is 0 Å². The molecule has 3 heteroatoms. The highest BCUT2D eigenvalue weighted by Gasteiger charge is 2.59. The van der Waals surface area contributed by atoms with Gasteiger partial charge in [0.1, 0.15) is 5.78 Å². The molecule has 0 saturated heterocycles. The SMILES string of the molecule is C[C@]12C=CC(=O)C=C1C(CO)CC1C2CC[C@]2(C)C(=O)CCC12. The van der Waals surface area contributed by atoms with Crippen LogP contribution in [0.25, 0.3) is 0 Å². The molecule has 3 fully saturated rings. The third-order valence-corrected chi connectivity index (χ3v) is 7.65. The van der Waals surface area contributed by atoms with Crippen LogP contribution in [-0.4, -0.2) is 23.3 Å². The summed E-state index contributed by atoms with van der Waals surface area (Å²) in [5, 5.41) is 9.93. The minimum Gasteiger partial charge on any atom is -0.396 e. The molecule has 23 heavy (non-hydrogen) atoms. The second kappa shape index (κ2) is 4.89. The molecule has 3 nitrogen and oxygen atoms in total. The van der Waals surface area contributed by atoms with Crippen LogP contribution in [0.1, 0.15) is 46.0 Å². The van der Waals surface area contributed by atoms with Crippen molar-refractivity contribution in [1.29, 1.82) is 0 Å². The van der Waals surface area contributed by atoms with Crippen LogP contribution in [0.15, 0.2) is 23.8 Å². The summed E-state index contributed by atoms with van der Waals surface area (Å²) < 4.78 is 0. The van der Waals surface area contributed by atoms with Gasteiger partial charge in [-0.05, 0) is 55.6 Å². The van der Waals surface area contributed by atoms with E-state index in [0.29, 0.717) is 23.5 Å². The Bertz CT molecular complexity index is 631. The second-order valence-electron chi connectivity index (χ2n) is 8.53. The number of fused-ring (bicyclic) bond motifs is 5. The monoisotopic (exact) mass is 314 g/mol. The lowest BCUT2D eigenvalue weighted by Crippen LogP contribution is -2.52. The van der Waals surface area contributed by atoms with Crippen LogP contribution in [0.3, 0.4) is 0 Å². The van der Waals surface area contributed by atoms with Crippen molar-refractivity contribution in [1.82, 2.24) is 0 Å². The average molecular weight is 314 g/mol. The van der Waals surface area contributed by atoms with Gasteiger partial charge in [-0.3, -0.25) is 9.59 Å². The number of hydrogen-bond donors (Lipinski definition) is 1. The molecule has 0 radical (unpaired) electrons. The first-order chi connectivity index (χ1) is 10.9. The first kappa shape index (κ1) is 15.3. The largest absolute Gasteiger partial charge is 0.396 e. The Hall–Kier alpha value is -1.22. The van der Waals surface area contributed by atoms with E-state index in [9.17, 15) is 14.7 Å². The van der Waals surface area contributed by atoms with Crippen molar-refractivity contribution in [3.05, 3.63) is 23.8 Å². The molecule has 0 heterocycles. The van der Waals surface area contributed by atoms with E-state index in [0.717, 1.165) is 37.7 Å². The third-order valence-electron chi connectivity index (χ3n) is 7.65. The quantitative estimate of drug-likeness (QED) is 0.809. The maximum Gasteiger partial charge on any atom is 0.178 e. The zero-order valence-corrected chi connectivity index (χ0v) is 14.0. The van der Waals surface area contributed by atoms with Gasteiger partial charge in [0, 0.05) is 29.8 Å². The fourth-order valence-electron chi connectivity index (χ4n) is 6.36. The van der Waals surface area contributed by atoms with E-state index in [2.05, 4.69) is 19.9 Å². The predicted octanol–water partition coefficient (Wildman–Crippen LogP) is 3.08. The van der Waals surface area contributed by atoms with E-state index in [1.54, 1.807) is 12.2 Å². The zero-order chi connectivity index (χ0) is 16.4. The Morgan fingerprint density at radius 1 is 1.22 bits per heavy atom. The van der Waals surface area contributed by atoms with Gasteiger partial charge in [0.2, 0.25) is 0 Å². The smallest absolute Gasteiger partial charge is 0.178 e. The van der Waals surface area contributed by atoms with Gasteiger partial charge in [0.05, 0.1) is 0 Å². The number of carbonyl (C=O) groups is 2. The van der Waals surface area contributed by atoms with Gasteiger partial charge >= 0.3 is 0 Å². The summed E-state index contributed by atoms with van der Waals surface area (Å²) in [6.45, 7) is 4.51. The second-order valence-corrected chi connectivity index (χ2v) is 8.53. The molecule has 6 atom stereocenters. The summed E-state index contributed by atoms with van der Waals surface area (Å²) in [5.74, 6) is 1.98. The number of aliphatic hydroxyl groups excluding tert-OH is 1. The van der Waals surface area contributed by atoms with Crippen molar-refractivity contribution in [2.45, 2.75) is 46.0 Å². The van der Waals surface area contributed by atoms with Crippen molar-refractivity contribution in [3.8, 4) is 0 Å². The van der Waals surface area contributed by atoms with Gasteiger partial charge in [-0.25, -0.2) is 0 Å². The molecule has 4 unspecified atom stereocenters. The first-order valence-electron chi connectivity index (χ1n) is 8.99. The van der Waals surface area contributed by atoms with Crippen LogP contribution < -0.4 is 0 Å². The molecule has 0 amide bonds. The molecule has 4 aliphatic rings. The normalized spacial score (nSPS) is 48.6. The molecular weight excluding hydrogens is 288 g/mol. The number of rotatable bonds is 1. The number of ketones is 2. The van der Waals surface area contributed by atoms with Crippen LogP contribution in [0.4, 0.5) is 0 Å². The lowest BCUT2D eigenvalue weighted by Gasteiger charge is -2.57. The molecule has 0 aromatic heterocycles. The lowest BCUT2D eigenvalue weighted by molar-refractivity contribution is -0.132. The van der Waals surface area contributed by atoms with Gasteiger partial charge in [-0.2, -0.15) is 0 Å². The van der Waals surface area contributed by atoms with E-state index in [-0.39, 0.29) is 29.1 Å². The highest BCUT2D eigenvalue weighted by molar-refractivity contribution is 6.01. The molecule has 0 aromatic rings. The minimum atomic E-state index is -0.146. The van der Waals surface area contributed by atoms with E-state index in [1.807, 2.05) is 0 Å². The standard InChI is InChI=1S/C20H26O3/c1-19-7-5-13(22)10-17(19)12(11-21)9-14-15-3-4-18(23)20(15,2)8-6-16(14)19/h5,7,10,12,14-16,21H,3-4,6,8-9,11H2,1-2H3/t12?,14?,15?,16?,19-,20+/m1/s1. The van der Waals surface area contributed by atoms with Gasteiger partial charge in [0.25, 0.3) is 0 Å². The van der Waals surface area contributed by atoms with Gasteiger partial charge in [-0.15, -0.1) is 0 Å². The lowest BCUT2D eigenvalue weighted by atomic mass is 9.46. The number of Topliss-reactive ketones (excluding diaryl/α,β-unsaturated/α-hetero) is 1. The van der Waals surface area contributed by atoms with Crippen molar-refractivity contribution in [2.24, 2.45) is 34.5 Å². The Balaban J connectivity index is 1.77. The van der Waals surface area contributed by atoms with E-state index < -0.39 is 0 Å². The molecule has 4 aliphatic carbocycles. The highest BCUT2D eigenvalue weighted by atomic mass is 16.3. The van der Waals surface area contributed by atoms with Gasteiger partial charge in [-0.1, -0.05) is 25.5 Å². The molecular formula is C20H26O3. The first-order valence-corrected chi connectivity index (χ1v) is 8.99. The zero-order valence-electron chi connectivity index (χ0n) is 14.0. The van der Waals surface area contributed by atoms with Crippen LogP contribution in [0.5, 0.6) is 0 Å². The Morgan fingerprint density at radius 2 is 2.00 bits per heavy atom. The fourth-order valence-corrected chi connectivity index (χ4v) is 6.36. The topological polar surface area (TPSA) is 54.4 Å². The summed E-state index contributed by atoms with van der Waals surface area (Å²) >= 11 is 0. The number of carbonyl (C=O) groups excluding carboxylic acids is 2. The predicted molar refractivity (Wildman–Crippen MR) is 87.6 cm³/mol. The molecule has 0 aromatic carbocycles. The number of aliphatic hydroxyl groups is 1. The average Bonchev–Trinajstić information content (AvgIpc) is 2.83. The molecule has 124 valence electrons. The van der Waals surface area contributed by atoms with Crippen molar-refractivity contribution < 1.29 is 14.7 Å². The summed E-state index contributed by atoms with van der Waals surface area (Å²) in [5.41, 5.74) is 0.853. The Kier molecular flexibility index (Phi) is 3.26.